The van der Waals surface area contributed by atoms with E-state index >= 15 is 0 Å². The molecule has 2 aliphatic rings. The molecule has 30 heavy (non-hydrogen) atoms. The maximum Gasteiger partial charge on any atom is 0.262 e. The van der Waals surface area contributed by atoms with Gasteiger partial charge >= 0.3 is 0 Å². The zero-order chi connectivity index (χ0) is 20.7. The molecule has 1 heterocycles. The molecule has 0 bridgehead atoms. The fourth-order valence-electron chi connectivity index (χ4n) is 4.07. The van der Waals surface area contributed by atoms with Gasteiger partial charge in [-0.25, -0.2) is 0 Å². The third kappa shape index (κ3) is 2.91. The molecule has 0 spiro atoms. The maximum atomic E-state index is 12.9. The van der Waals surface area contributed by atoms with Gasteiger partial charge in [0.15, 0.2) is 0 Å². The van der Waals surface area contributed by atoms with Crippen molar-refractivity contribution in [1.29, 1.82) is 0 Å². The number of hydrogen-bond donors (Lipinski definition) is 1. The van der Waals surface area contributed by atoms with Crippen molar-refractivity contribution < 1.29 is 19.4 Å². The van der Waals surface area contributed by atoms with Gasteiger partial charge in [0, 0.05) is 5.56 Å². The molecule has 1 unspecified atom stereocenters. The molecule has 3 aromatic carbocycles. The molecule has 0 saturated heterocycles. The van der Waals surface area contributed by atoms with Gasteiger partial charge in [-0.2, -0.15) is 0 Å². The summed E-state index contributed by atoms with van der Waals surface area (Å²) < 4.78 is 6.01. The normalized spacial score (nSPS) is 19.6. The molecule has 0 radical (unpaired) electrons. The first-order valence-electron chi connectivity index (χ1n) is 9.78. The minimum atomic E-state index is -1.08. The van der Waals surface area contributed by atoms with Gasteiger partial charge in [-0.3, -0.25) is 14.5 Å². The number of fused-ring (bicyclic) bond motifs is 2. The van der Waals surface area contributed by atoms with E-state index in [4.69, 9.17) is 4.74 Å². The summed E-state index contributed by atoms with van der Waals surface area (Å²) in [6.45, 7) is 0.353. The second kappa shape index (κ2) is 7.28. The molecule has 0 fully saturated rings. The molecular weight excluding hydrogens is 378 g/mol. The van der Waals surface area contributed by atoms with Crippen LogP contribution in [-0.2, 0) is 6.61 Å². The Hall–Kier alpha value is -3.70. The molecule has 2 atom stereocenters. The Morgan fingerprint density at radius 1 is 0.833 bits per heavy atom. The first-order valence-corrected chi connectivity index (χ1v) is 9.78. The molecular formula is C25H19NO4. The van der Waals surface area contributed by atoms with Gasteiger partial charge < -0.3 is 9.84 Å². The average Bonchev–Trinajstić information content (AvgIpc) is 3.04. The SMILES string of the molecule is O=C1c2ccccc2C(=O)N1[C@H]1C=Cc2cccc(OCc3ccccc3)c2C1O. The molecule has 1 N–H and O–H groups in total. The smallest absolute Gasteiger partial charge is 0.262 e. The summed E-state index contributed by atoms with van der Waals surface area (Å²) in [5, 5.41) is 11.2. The van der Waals surface area contributed by atoms with E-state index in [9.17, 15) is 14.7 Å². The van der Waals surface area contributed by atoms with Crippen LogP contribution in [0.5, 0.6) is 5.75 Å². The number of carbonyl (C=O) groups excluding carboxylic acids is 2. The lowest BCUT2D eigenvalue weighted by Gasteiger charge is -2.32. The van der Waals surface area contributed by atoms with Crippen molar-refractivity contribution in [1.82, 2.24) is 4.90 Å². The van der Waals surface area contributed by atoms with E-state index < -0.39 is 24.0 Å². The summed E-state index contributed by atoms with van der Waals surface area (Å²) in [6, 6.07) is 21.2. The van der Waals surface area contributed by atoms with Crippen LogP contribution >= 0.6 is 0 Å². The first-order chi connectivity index (χ1) is 14.6. The van der Waals surface area contributed by atoms with Crippen molar-refractivity contribution in [2.75, 3.05) is 0 Å². The molecule has 2 amide bonds. The molecule has 5 nitrogen and oxygen atoms in total. The highest BCUT2D eigenvalue weighted by atomic mass is 16.5. The number of benzene rings is 3. The Morgan fingerprint density at radius 3 is 2.20 bits per heavy atom. The summed E-state index contributed by atoms with van der Waals surface area (Å²) in [7, 11) is 0. The maximum absolute atomic E-state index is 12.9. The lowest BCUT2D eigenvalue weighted by Crippen LogP contribution is -2.43. The predicted octanol–water partition coefficient (Wildman–Crippen LogP) is 3.99. The number of amides is 2. The lowest BCUT2D eigenvalue weighted by atomic mass is 9.89. The second-order valence-corrected chi connectivity index (χ2v) is 7.35. The Bertz CT molecular complexity index is 1130. The van der Waals surface area contributed by atoms with Gasteiger partial charge in [0.25, 0.3) is 11.8 Å². The Labute approximate surface area is 173 Å². The van der Waals surface area contributed by atoms with E-state index in [0.29, 0.717) is 29.0 Å². The third-order valence-electron chi connectivity index (χ3n) is 5.55. The first kappa shape index (κ1) is 18.3. The Kier molecular flexibility index (Phi) is 4.45. The van der Waals surface area contributed by atoms with Crippen LogP contribution in [0.1, 0.15) is 43.5 Å². The fourth-order valence-corrected chi connectivity index (χ4v) is 4.07. The van der Waals surface area contributed by atoms with Crippen molar-refractivity contribution in [2.24, 2.45) is 0 Å². The van der Waals surface area contributed by atoms with Gasteiger partial charge in [0.2, 0.25) is 0 Å². The number of aliphatic hydroxyl groups is 1. The van der Waals surface area contributed by atoms with Crippen LogP contribution in [0.25, 0.3) is 6.08 Å². The highest BCUT2D eigenvalue weighted by Gasteiger charge is 2.43. The van der Waals surface area contributed by atoms with E-state index in [0.717, 1.165) is 16.0 Å². The third-order valence-corrected chi connectivity index (χ3v) is 5.55. The monoisotopic (exact) mass is 397 g/mol. The number of hydrogen-bond acceptors (Lipinski definition) is 4. The topological polar surface area (TPSA) is 66.8 Å². The molecule has 3 aromatic rings. The van der Waals surface area contributed by atoms with Crippen LogP contribution in [0, 0.1) is 0 Å². The zero-order valence-corrected chi connectivity index (χ0v) is 16.1. The molecule has 5 rings (SSSR count). The minimum absolute atomic E-state index is 0.353. The van der Waals surface area contributed by atoms with E-state index in [1.54, 1.807) is 36.4 Å². The molecule has 0 aromatic heterocycles. The highest BCUT2D eigenvalue weighted by molar-refractivity contribution is 6.21. The van der Waals surface area contributed by atoms with Crippen molar-refractivity contribution in [3.63, 3.8) is 0 Å². The van der Waals surface area contributed by atoms with Crippen molar-refractivity contribution in [3.05, 3.63) is 107 Å². The molecule has 148 valence electrons. The number of rotatable bonds is 4. The zero-order valence-electron chi connectivity index (χ0n) is 16.1. The van der Waals surface area contributed by atoms with E-state index in [2.05, 4.69) is 0 Å². The van der Waals surface area contributed by atoms with Crippen LogP contribution in [0.15, 0.2) is 78.9 Å². The quantitative estimate of drug-likeness (QED) is 0.676. The van der Waals surface area contributed by atoms with Gasteiger partial charge in [-0.15, -0.1) is 0 Å². The molecule has 1 aliphatic heterocycles. The van der Waals surface area contributed by atoms with Crippen molar-refractivity contribution in [3.8, 4) is 5.75 Å². The van der Waals surface area contributed by atoms with Crippen LogP contribution in [0.3, 0.4) is 0 Å². The van der Waals surface area contributed by atoms with Crippen LogP contribution < -0.4 is 4.74 Å². The van der Waals surface area contributed by atoms with Crippen LogP contribution in [0.2, 0.25) is 0 Å². The van der Waals surface area contributed by atoms with E-state index in [-0.39, 0.29) is 0 Å². The Balaban J connectivity index is 1.46. The van der Waals surface area contributed by atoms with Crippen molar-refractivity contribution in [2.45, 2.75) is 18.8 Å². The average molecular weight is 397 g/mol. The summed E-state index contributed by atoms with van der Waals surface area (Å²) in [6.07, 6.45) is 2.44. The van der Waals surface area contributed by atoms with Gasteiger partial charge in [0.05, 0.1) is 17.2 Å². The summed E-state index contributed by atoms with van der Waals surface area (Å²) in [5.74, 6) is -0.249. The number of ether oxygens (including phenoxy) is 1. The van der Waals surface area contributed by atoms with Crippen LogP contribution in [0.4, 0.5) is 0 Å². The van der Waals surface area contributed by atoms with E-state index in [1.807, 2.05) is 48.5 Å². The standard InChI is InChI=1S/C25H19NO4/c27-23-20(26-24(28)18-10-4-5-11-19(18)25(26)29)14-13-17-9-6-12-21(22(17)23)30-15-16-7-2-1-3-8-16/h1-14,20,23,27H,15H2/t20-,23?/m0/s1. The second-order valence-electron chi connectivity index (χ2n) is 7.35. The number of aliphatic hydroxyl groups excluding tert-OH is 1. The molecule has 0 saturated carbocycles. The van der Waals surface area contributed by atoms with Crippen LogP contribution in [-0.4, -0.2) is 27.9 Å². The summed E-state index contributed by atoms with van der Waals surface area (Å²) in [5.41, 5.74) is 3.12. The Morgan fingerprint density at radius 2 is 1.50 bits per heavy atom. The summed E-state index contributed by atoms with van der Waals surface area (Å²) in [4.78, 5) is 26.9. The van der Waals surface area contributed by atoms with Crippen molar-refractivity contribution >= 4 is 17.9 Å². The predicted molar refractivity (Wildman–Crippen MR) is 112 cm³/mol. The van der Waals surface area contributed by atoms with Gasteiger partial charge in [0.1, 0.15) is 18.5 Å². The fraction of sp³-hybridized carbons (Fsp3) is 0.120. The lowest BCUT2D eigenvalue weighted by molar-refractivity contribution is 0.0419. The largest absolute Gasteiger partial charge is 0.488 e. The van der Waals surface area contributed by atoms with E-state index in [1.165, 1.54) is 0 Å². The minimum Gasteiger partial charge on any atom is -0.488 e. The molecule has 5 heteroatoms. The number of nitrogens with zero attached hydrogens (tertiary/aromatic N) is 1. The van der Waals surface area contributed by atoms with Gasteiger partial charge in [-0.1, -0.05) is 66.7 Å². The number of imide groups is 1. The van der Waals surface area contributed by atoms with Gasteiger partial charge in [-0.05, 0) is 29.3 Å². The molecule has 1 aliphatic carbocycles. The number of carbonyl (C=O) groups is 2. The highest BCUT2D eigenvalue weighted by Crippen LogP contribution is 2.39. The summed E-state index contributed by atoms with van der Waals surface area (Å²) >= 11 is 0.